The average molecular weight is 301 g/mol. The van der Waals surface area contributed by atoms with Crippen LogP contribution in [0, 0.1) is 0 Å². The zero-order valence-corrected chi connectivity index (χ0v) is 11.5. The Bertz CT molecular complexity index is 693. The van der Waals surface area contributed by atoms with Crippen molar-refractivity contribution in [3.8, 4) is 0 Å². The normalized spacial score (nSPS) is 11.8. The molecular weight excluding hydrogens is 289 g/mol. The summed E-state index contributed by atoms with van der Waals surface area (Å²) in [6.07, 6.45) is 1.44. The van der Waals surface area contributed by atoms with Gasteiger partial charge >= 0.3 is 13.9 Å². The van der Waals surface area contributed by atoms with E-state index in [-0.39, 0.29) is 17.4 Å². The van der Waals surface area contributed by atoms with Crippen LogP contribution in [0.3, 0.4) is 0 Å². The van der Waals surface area contributed by atoms with Crippen molar-refractivity contribution in [3.05, 3.63) is 18.2 Å². The van der Waals surface area contributed by atoms with Crippen LogP contribution < -0.4 is 5.32 Å². The van der Waals surface area contributed by atoms with Gasteiger partial charge in [-0.1, -0.05) is 13.8 Å². The maximum absolute atomic E-state index is 11.3. The standard InChI is InChI=1S/C9H12N5O5P/c1-5(2)6-3-10-8-7(11-4-12-14(6)8)13-9(15)19-20(16,17)18/h3-5H,1-2H3,(H2,16,17,18)(H,11,12,13,15). The molecule has 0 atom stereocenters. The fourth-order valence-electron chi connectivity index (χ4n) is 1.54. The van der Waals surface area contributed by atoms with Crippen LogP contribution in [-0.2, 0) is 9.09 Å². The fourth-order valence-corrected chi connectivity index (χ4v) is 1.81. The molecule has 0 spiro atoms. The highest BCUT2D eigenvalue weighted by Crippen LogP contribution is 2.36. The number of carbonyl (C=O) groups excluding carboxylic acids is 1. The molecule has 10 nitrogen and oxygen atoms in total. The Kier molecular flexibility index (Phi) is 3.71. The van der Waals surface area contributed by atoms with Crippen molar-refractivity contribution in [3.63, 3.8) is 0 Å². The van der Waals surface area contributed by atoms with Crippen molar-refractivity contribution in [2.45, 2.75) is 19.8 Å². The monoisotopic (exact) mass is 301 g/mol. The first-order valence-electron chi connectivity index (χ1n) is 5.52. The van der Waals surface area contributed by atoms with Gasteiger partial charge in [0.25, 0.3) is 0 Å². The molecule has 0 fully saturated rings. The molecular formula is C9H12N5O5P. The molecule has 0 aliphatic heterocycles. The van der Waals surface area contributed by atoms with Crippen LogP contribution in [0.4, 0.5) is 10.6 Å². The number of hydrogen-bond donors (Lipinski definition) is 3. The van der Waals surface area contributed by atoms with Gasteiger partial charge in [0, 0.05) is 0 Å². The zero-order chi connectivity index (χ0) is 14.9. The molecule has 2 aromatic rings. The SMILES string of the molecule is CC(C)c1cnc2c(NC(=O)OP(=O)(O)O)ncnn12. The van der Waals surface area contributed by atoms with E-state index in [4.69, 9.17) is 9.79 Å². The van der Waals surface area contributed by atoms with Gasteiger partial charge < -0.3 is 4.52 Å². The highest BCUT2D eigenvalue weighted by Gasteiger charge is 2.22. The van der Waals surface area contributed by atoms with E-state index in [1.807, 2.05) is 13.8 Å². The van der Waals surface area contributed by atoms with Crippen molar-refractivity contribution >= 4 is 25.4 Å². The number of phosphoric acid groups is 1. The van der Waals surface area contributed by atoms with Crippen LogP contribution in [0.1, 0.15) is 25.5 Å². The third kappa shape index (κ3) is 3.10. The van der Waals surface area contributed by atoms with Crippen LogP contribution in [0.5, 0.6) is 0 Å². The fraction of sp³-hybridized carbons (Fsp3) is 0.333. The van der Waals surface area contributed by atoms with Gasteiger partial charge in [-0.25, -0.2) is 23.8 Å². The molecule has 0 bridgehead atoms. The minimum atomic E-state index is -4.91. The van der Waals surface area contributed by atoms with Gasteiger partial charge in [-0.05, 0) is 5.92 Å². The molecule has 0 aliphatic rings. The van der Waals surface area contributed by atoms with E-state index in [0.29, 0.717) is 0 Å². The van der Waals surface area contributed by atoms with Crippen molar-refractivity contribution in [2.24, 2.45) is 0 Å². The lowest BCUT2D eigenvalue weighted by Crippen LogP contribution is -2.15. The number of rotatable bonds is 3. The predicted molar refractivity (Wildman–Crippen MR) is 67.0 cm³/mol. The summed E-state index contributed by atoms with van der Waals surface area (Å²) in [5.41, 5.74) is 1.05. The molecule has 2 aromatic heterocycles. The number of fused-ring (bicyclic) bond motifs is 1. The van der Waals surface area contributed by atoms with Gasteiger partial charge in [-0.3, -0.25) is 15.1 Å². The molecule has 0 saturated carbocycles. The minimum absolute atomic E-state index is 0.00894. The second kappa shape index (κ2) is 5.16. The largest absolute Gasteiger partial charge is 0.528 e. The first kappa shape index (κ1) is 14.4. The highest BCUT2D eigenvalue weighted by atomic mass is 31.2. The Labute approximate surface area is 113 Å². The number of hydrogen-bond acceptors (Lipinski definition) is 6. The summed E-state index contributed by atoms with van der Waals surface area (Å²) in [5, 5.41) is 6.11. The lowest BCUT2D eigenvalue weighted by molar-refractivity contribution is 0.189. The second-order valence-electron chi connectivity index (χ2n) is 4.18. The third-order valence-electron chi connectivity index (χ3n) is 2.34. The lowest BCUT2D eigenvalue weighted by Gasteiger charge is -2.08. The maximum atomic E-state index is 11.3. The number of carbonyl (C=O) groups is 1. The first-order valence-corrected chi connectivity index (χ1v) is 7.05. The molecule has 2 rings (SSSR count). The summed E-state index contributed by atoms with van der Waals surface area (Å²) in [4.78, 5) is 36.2. The van der Waals surface area contributed by atoms with Crippen molar-refractivity contribution < 1.29 is 23.7 Å². The quantitative estimate of drug-likeness (QED) is 0.710. The Morgan fingerprint density at radius 3 is 2.75 bits per heavy atom. The number of imidazole rings is 1. The molecule has 0 unspecified atom stereocenters. The summed E-state index contributed by atoms with van der Waals surface area (Å²) in [7, 11) is -4.91. The Morgan fingerprint density at radius 1 is 1.45 bits per heavy atom. The van der Waals surface area contributed by atoms with Gasteiger partial charge in [0.05, 0.1) is 11.9 Å². The molecule has 0 radical (unpaired) electrons. The summed E-state index contributed by atoms with van der Waals surface area (Å²) in [6, 6.07) is 0. The van der Waals surface area contributed by atoms with Crippen LogP contribution in [0.2, 0.25) is 0 Å². The smallest absolute Gasteiger partial charge is 0.353 e. The van der Waals surface area contributed by atoms with E-state index >= 15 is 0 Å². The second-order valence-corrected chi connectivity index (χ2v) is 5.34. The van der Waals surface area contributed by atoms with E-state index < -0.39 is 13.9 Å². The molecule has 20 heavy (non-hydrogen) atoms. The average Bonchev–Trinajstić information content (AvgIpc) is 2.71. The van der Waals surface area contributed by atoms with Crippen molar-refractivity contribution in [1.29, 1.82) is 0 Å². The third-order valence-corrected chi connectivity index (χ3v) is 2.75. The van der Waals surface area contributed by atoms with Gasteiger partial charge in [0.2, 0.25) is 0 Å². The van der Waals surface area contributed by atoms with Gasteiger partial charge in [0.1, 0.15) is 6.33 Å². The van der Waals surface area contributed by atoms with E-state index in [1.165, 1.54) is 10.8 Å². The Morgan fingerprint density at radius 2 is 2.15 bits per heavy atom. The van der Waals surface area contributed by atoms with E-state index in [0.717, 1.165) is 5.69 Å². The van der Waals surface area contributed by atoms with Crippen LogP contribution >= 0.6 is 7.82 Å². The summed E-state index contributed by atoms with van der Waals surface area (Å²) >= 11 is 0. The Balaban J connectivity index is 2.32. The minimum Gasteiger partial charge on any atom is -0.353 e. The molecule has 0 aromatic carbocycles. The summed E-state index contributed by atoms with van der Waals surface area (Å²) in [6.45, 7) is 3.89. The lowest BCUT2D eigenvalue weighted by atomic mass is 10.2. The van der Waals surface area contributed by atoms with Crippen molar-refractivity contribution in [2.75, 3.05) is 5.32 Å². The number of phosphoric ester groups is 1. The summed E-state index contributed by atoms with van der Waals surface area (Å²) < 4.78 is 15.9. The number of amides is 1. The molecule has 11 heteroatoms. The number of anilines is 1. The van der Waals surface area contributed by atoms with E-state index in [9.17, 15) is 9.36 Å². The number of aromatic nitrogens is 4. The Hall–Kier alpha value is -2.03. The molecule has 108 valence electrons. The van der Waals surface area contributed by atoms with Crippen LogP contribution in [-0.4, -0.2) is 35.5 Å². The van der Waals surface area contributed by atoms with Crippen LogP contribution in [0.15, 0.2) is 12.5 Å². The number of nitrogens with zero attached hydrogens (tertiary/aromatic N) is 4. The first-order chi connectivity index (χ1) is 9.28. The van der Waals surface area contributed by atoms with Gasteiger partial charge in [0.15, 0.2) is 11.5 Å². The van der Waals surface area contributed by atoms with E-state index in [2.05, 4.69) is 24.9 Å². The molecule has 3 N–H and O–H groups in total. The van der Waals surface area contributed by atoms with Gasteiger partial charge in [-0.2, -0.15) is 5.10 Å². The number of nitrogens with one attached hydrogen (secondary N) is 1. The molecule has 0 aliphatic carbocycles. The van der Waals surface area contributed by atoms with E-state index in [1.54, 1.807) is 6.20 Å². The highest BCUT2D eigenvalue weighted by molar-refractivity contribution is 7.46. The van der Waals surface area contributed by atoms with Gasteiger partial charge in [-0.15, -0.1) is 0 Å². The molecule has 1 amide bonds. The van der Waals surface area contributed by atoms with Crippen LogP contribution in [0.25, 0.3) is 5.65 Å². The topological polar surface area (TPSA) is 139 Å². The zero-order valence-electron chi connectivity index (χ0n) is 10.6. The van der Waals surface area contributed by atoms with Crippen molar-refractivity contribution in [1.82, 2.24) is 19.6 Å². The molecule has 2 heterocycles. The predicted octanol–water partition coefficient (Wildman–Crippen LogP) is 0.889. The maximum Gasteiger partial charge on any atom is 0.528 e. The summed E-state index contributed by atoms with van der Waals surface area (Å²) in [5.74, 6) is 0.139. The molecule has 0 saturated heterocycles.